The Kier molecular flexibility index (Phi) is 5.31. The van der Waals surface area contributed by atoms with Crippen LogP contribution in [0.25, 0.3) is 0 Å². The molecular formula is C14H23N3O6S2. The lowest BCUT2D eigenvalue weighted by molar-refractivity contribution is 0.307. The van der Waals surface area contributed by atoms with E-state index in [2.05, 4.69) is 0 Å². The second-order valence-corrected chi connectivity index (χ2v) is 10.9. The molecule has 2 heterocycles. The smallest absolute Gasteiger partial charge is 0.302 e. The maximum Gasteiger partial charge on any atom is 0.330 e. The average Bonchev–Trinajstić information content (AvgIpc) is 2.85. The van der Waals surface area contributed by atoms with Gasteiger partial charge in [0, 0.05) is 32.9 Å². The molecule has 1 aromatic heterocycles. The lowest BCUT2D eigenvalue weighted by Crippen LogP contribution is -2.47. The van der Waals surface area contributed by atoms with E-state index < -0.39 is 42.0 Å². The number of sulfonamides is 1. The Morgan fingerprint density at radius 1 is 1.28 bits per heavy atom. The molecule has 11 heteroatoms. The molecule has 142 valence electrons. The zero-order valence-electron chi connectivity index (χ0n) is 14.7. The van der Waals surface area contributed by atoms with Crippen LogP contribution in [0.4, 0.5) is 0 Å². The van der Waals surface area contributed by atoms with Crippen LogP contribution in [0.1, 0.15) is 20.3 Å². The van der Waals surface area contributed by atoms with Crippen molar-refractivity contribution in [2.45, 2.75) is 31.2 Å². The van der Waals surface area contributed by atoms with Gasteiger partial charge in [0.15, 0.2) is 14.7 Å². The molecule has 1 atom stereocenters. The van der Waals surface area contributed by atoms with Gasteiger partial charge in [-0.3, -0.25) is 9.36 Å². The summed E-state index contributed by atoms with van der Waals surface area (Å²) < 4.78 is 52.6. The maximum atomic E-state index is 13.1. The number of nitrogens with zero attached hydrogens (tertiary/aromatic N) is 3. The van der Waals surface area contributed by atoms with Gasteiger partial charge in [-0.1, -0.05) is 13.8 Å². The molecule has 2 rings (SSSR count). The van der Waals surface area contributed by atoms with E-state index in [0.29, 0.717) is 0 Å². The Morgan fingerprint density at radius 3 is 2.36 bits per heavy atom. The topological polar surface area (TPSA) is 116 Å². The van der Waals surface area contributed by atoms with Crippen molar-refractivity contribution in [3.8, 4) is 0 Å². The summed E-state index contributed by atoms with van der Waals surface area (Å²) in [5.41, 5.74) is -1.56. The van der Waals surface area contributed by atoms with E-state index in [4.69, 9.17) is 0 Å². The summed E-state index contributed by atoms with van der Waals surface area (Å²) in [7, 11) is -4.98. The fourth-order valence-corrected chi connectivity index (χ4v) is 6.68. The predicted octanol–water partition coefficient (Wildman–Crippen LogP) is -1.08. The van der Waals surface area contributed by atoms with Crippen LogP contribution in [0.15, 0.2) is 20.7 Å². The second-order valence-electron chi connectivity index (χ2n) is 6.78. The molecule has 1 aromatic rings. The van der Waals surface area contributed by atoms with Gasteiger partial charge in [0.05, 0.1) is 11.5 Å². The van der Waals surface area contributed by atoms with Gasteiger partial charge in [0.1, 0.15) is 0 Å². The lowest BCUT2D eigenvalue weighted by atomic mass is 10.2. The highest BCUT2D eigenvalue weighted by molar-refractivity contribution is 7.92. The van der Waals surface area contributed by atoms with E-state index in [-0.39, 0.29) is 30.4 Å². The molecule has 25 heavy (non-hydrogen) atoms. The molecule has 0 saturated carbocycles. The third-order valence-electron chi connectivity index (χ3n) is 4.16. The minimum absolute atomic E-state index is 0.0607. The van der Waals surface area contributed by atoms with Crippen LogP contribution in [0.3, 0.4) is 0 Å². The van der Waals surface area contributed by atoms with Gasteiger partial charge >= 0.3 is 5.69 Å². The van der Waals surface area contributed by atoms with E-state index in [1.54, 1.807) is 0 Å². The van der Waals surface area contributed by atoms with E-state index in [1.165, 1.54) is 14.1 Å². The van der Waals surface area contributed by atoms with Gasteiger partial charge in [0.25, 0.3) is 5.56 Å². The number of rotatable bonds is 5. The zero-order valence-corrected chi connectivity index (χ0v) is 16.3. The highest BCUT2D eigenvalue weighted by Gasteiger charge is 2.40. The maximum absolute atomic E-state index is 13.1. The van der Waals surface area contributed by atoms with Crippen LogP contribution in [0.2, 0.25) is 0 Å². The summed E-state index contributed by atoms with van der Waals surface area (Å²) in [6.07, 6.45) is 1.19. The molecule has 1 fully saturated rings. The summed E-state index contributed by atoms with van der Waals surface area (Å²) in [5.74, 6) is -0.396. The van der Waals surface area contributed by atoms with Gasteiger partial charge in [-0.15, -0.1) is 0 Å². The fourth-order valence-electron chi connectivity index (χ4n) is 2.88. The Bertz CT molecular complexity index is 988. The number of aromatic nitrogens is 2. The Morgan fingerprint density at radius 2 is 1.88 bits per heavy atom. The number of sulfone groups is 1. The highest BCUT2D eigenvalue weighted by Crippen LogP contribution is 2.24. The molecule has 1 aliphatic rings. The molecule has 1 aliphatic heterocycles. The van der Waals surface area contributed by atoms with E-state index >= 15 is 0 Å². The SMILES string of the molecule is CC(C)CN(C1CCS(=O)(=O)C1)S(=O)(=O)c1cn(C)c(=O)n(C)c1=O. The molecule has 0 N–H and O–H groups in total. The number of hydrogen-bond donors (Lipinski definition) is 0. The molecule has 1 unspecified atom stereocenters. The molecule has 0 amide bonds. The third kappa shape index (κ3) is 3.87. The van der Waals surface area contributed by atoms with Crippen LogP contribution in [0.5, 0.6) is 0 Å². The van der Waals surface area contributed by atoms with Crippen molar-refractivity contribution in [2.75, 3.05) is 18.1 Å². The minimum Gasteiger partial charge on any atom is -0.302 e. The van der Waals surface area contributed by atoms with Crippen molar-refractivity contribution >= 4 is 19.9 Å². The molecule has 9 nitrogen and oxygen atoms in total. The van der Waals surface area contributed by atoms with Crippen molar-refractivity contribution in [3.63, 3.8) is 0 Å². The predicted molar refractivity (Wildman–Crippen MR) is 92.7 cm³/mol. The Balaban J connectivity index is 2.61. The first kappa shape index (κ1) is 19.9. The summed E-state index contributed by atoms with van der Waals surface area (Å²) >= 11 is 0. The summed E-state index contributed by atoms with van der Waals surface area (Å²) in [5, 5.41) is 0. The van der Waals surface area contributed by atoms with Gasteiger partial charge in [-0.05, 0) is 12.3 Å². The first-order valence-corrected chi connectivity index (χ1v) is 11.1. The van der Waals surface area contributed by atoms with Crippen LogP contribution < -0.4 is 11.2 Å². The monoisotopic (exact) mass is 393 g/mol. The van der Waals surface area contributed by atoms with Gasteiger partial charge in [-0.2, -0.15) is 4.31 Å². The van der Waals surface area contributed by atoms with Crippen LogP contribution >= 0.6 is 0 Å². The van der Waals surface area contributed by atoms with Crippen molar-refractivity contribution in [1.29, 1.82) is 0 Å². The largest absolute Gasteiger partial charge is 0.330 e. The van der Waals surface area contributed by atoms with Crippen LogP contribution in [-0.4, -0.2) is 54.4 Å². The normalized spacial score (nSPS) is 20.5. The lowest BCUT2D eigenvalue weighted by Gasteiger charge is -2.28. The molecule has 1 saturated heterocycles. The first-order valence-electron chi connectivity index (χ1n) is 7.85. The summed E-state index contributed by atoms with van der Waals surface area (Å²) in [6.45, 7) is 3.71. The van der Waals surface area contributed by atoms with Crippen molar-refractivity contribution < 1.29 is 16.8 Å². The van der Waals surface area contributed by atoms with E-state index in [9.17, 15) is 26.4 Å². The van der Waals surface area contributed by atoms with E-state index in [1.807, 2.05) is 13.8 Å². The molecule has 0 spiro atoms. The molecule has 0 bridgehead atoms. The van der Waals surface area contributed by atoms with Crippen LogP contribution in [0, 0.1) is 5.92 Å². The van der Waals surface area contributed by atoms with Gasteiger partial charge < -0.3 is 4.57 Å². The van der Waals surface area contributed by atoms with Crippen molar-refractivity contribution in [3.05, 3.63) is 27.0 Å². The minimum atomic E-state index is -4.25. The average molecular weight is 393 g/mol. The van der Waals surface area contributed by atoms with E-state index in [0.717, 1.165) is 19.6 Å². The molecular weight excluding hydrogens is 370 g/mol. The number of hydrogen-bond acceptors (Lipinski definition) is 6. The fraction of sp³-hybridized carbons (Fsp3) is 0.714. The van der Waals surface area contributed by atoms with Gasteiger partial charge in [-0.25, -0.2) is 21.6 Å². The summed E-state index contributed by atoms with van der Waals surface area (Å²) in [6, 6.07) is -0.709. The zero-order chi connectivity index (χ0) is 19.2. The molecule has 0 radical (unpaired) electrons. The quantitative estimate of drug-likeness (QED) is 0.628. The highest BCUT2D eigenvalue weighted by atomic mass is 32.2. The first-order chi connectivity index (χ1) is 11.4. The second kappa shape index (κ2) is 6.69. The Hall–Kier alpha value is -1.46. The third-order valence-corrected chi connectivity index (χ3v) is 7.81. The van der Waals surface area contributed by atoms with Crippen LogP contribution in [-0.2, 0) is 34.0 Å². The number of aryl methyl sites for hydroxylation is 1. The Labute approximate surface area is 146 Å². The standard InChI is InChI=1S/C14H23N3O6S2/c1-10(2)7-17(11-5-6-24(20,21)9-11)25(22,23)12-8-15(3)14(19)16(4)13(12)18/h8,10-11H,5-7,9H2,1-4H3. The summed E-state index contributed by atoms with van der Waals surface area (Å²) in [4.78, 5) is 23.6. The van der Waals surface area contributed by atoms with Crippen molar-refractivity contribution in [1.82, 2.24) is 13.4 Å². The molecule has 0 aromatic carbocycles. The molecule has 0 aliphatic carbocycles. The van der Waals surface area contributed by atoms with Crippen molar-refractivity contribution in [2.24, 2.45) is 20.0 Å². The van der Waals surface area contributed by atoms with Gasteiger partial charge in [0.2, 0.25) is 10.0 Å².